The summed E-state index contributed by atoms with van der Waals surface area (Å²) in [4.78, 5) is 23.3. The zero-order valence-corrected chi connectivity index (χ0v) is 11.3. The first-order valence-corrected chi connectivity index (χ1v) is 6.00. The van der Waals surface area contributed by atoms with Gasteiger partial charge in [0.2, 0.25) is 0 Å². The second-order valence-electron chi connectivity index (χ2n) is 4.76. The standard InChI is InChI=1S/C13H20N2O3/c1-5-8-13(3,12(17)18)14-11(16)10-7-6-9(2)15(10)4/h6-7H,5,8H2,1-4H3,(H,14,16)(H,17,18). The topological polar surface area (TPSA) is 71.3 Å². The van der Waals surface area contributed by atoms with Crippen LogP contribution < -0.4 is 5.32 Å². The number of amides is 1. The van der Waals surface area contributed by atoms with Crippen LogP contribution in [0, 0.1) is 6.92 Å². The molecule has 5 heteroatoms. The highest BCUT2D eigenvalue weighted by molar-refractivity contribution is 5.96. The van der Waals surface area contributed by atoms with Crippen molar-refractivity contribution >= 4 is 11.9 Å². The summed E-state index contributed by atoms with van der Waals surface area (Å²) in [6.45, 7) is 5.31. The van der Waals surface area contributed by atoms with Crippen LogP contribution in [-0.4, -0.2) is 27.1 Å². The molecule has 1 atom stereocenters. The Morgan fingerprint density at radius 2 is 2.06 bits per heavy atom. The molecule has 0 aliphatic heterocycles. The molecule has 0 saturated heterocycles. The Morgan fingerprint density at radius 3 is 2.44 bits per heavy atom. The third-order valence-electron chi connectivity index (χ3n) is 3.22. The number of hydrogen-bond acceptors (Lipinski definition) is 2. The van der Waals surface area contributed by atoms with Crippen molar-refractivity contribution < 1.29 is 14.7 Å². The summed E-state index contributed by atoms with van der Waals surface area (Å²) in [7, 11) is 1.78. The summed E-state index contributed by atoms with van der Waals surface area (Å²) in [5.74, 6) is -1.37. The van der Waals surface area contributed by atoms with Crippen molar-refractivity contribution in [3.8, 4) is 0 Å². The van der Waals surface area contributed by atoms with Gasteiger partial charge in [0, 0.05) is 12.7 Å². The molecule has 100 valence electrons. The molecule has 0 bridgehead atoms. The van der Waals surface area contributed by atoms with Crippen LogP contribution >= 0.6 is 0 Å². The van der Waals surface area contributed by atoms with E-state index in [9.17, 15) is 14.7 Å². The van der Waals surface area contributed by atoms with Crippen LogP contribution in [0.1, 0.15) is 42.9 Å². The fourth-order valence-electron chi connectivity index (χ4n) is 1.88. The molecule has 18 heavy (non-hydrogen) atoms. The summed E-state index contributed by atoms with van der Waals surface area (Å²) in [6.07, 6.45) is 1.09. The van der Waals surface area contributed by atoms with Gasteiger partial charge in [-0.2, -0.15) is 0 Å². The first-order chi connectivity index (χ1) is 8.31. The highest BCUT2D eigenvalue weighted by Gasteiger charge is 2.34. The molecular weight excluding hydrogens is 232 g/mol. The molecule has 0 radical (unpaired) electrons. The van der Waals surface area contributed by atoms with E-state index in [-0.39, 0.29) is 5.91 Å². The normalized spacial score (nSPS) is 14.0. The summed E-state index contributed by atoms with van der Waals surface area (Å²) >= 11 is 0. The van der Waals surface area contributed by atoms with E-state index in [0.717, 1.165) is 5.69 Å². The Kier molecular flexibility index (Phi) is 4.16. The Bertz CT molecular complexity index is 465. The zero-order valence-electron chi connectivity index (χ0n) is 11.3. The first kappa shape index (κ1) is 14.3. The van der Waals surface area contributed by atoms with E-state index in [2.05, 4.69) is 5.32 Å². The summed E-state index contributed by atoms with van der Waals surface area (Å²) in [5.41, 5.74) is 0.202. The molecule has 0 aliphatic rings. The fraction of sp³-hybridized carbons (Fsp3) is 0.538. The van der Waals surface area contributed by atoms with Crippen LogP contribution in [-0.2, 0) is 11.8 Å². The number of hydrogen-bond donors (Lipinski definition) is 2. The second kappa shape index (κ2) is 5.25. The monoisotopic (exact) mass is 252 g/mol. The van der Waals surface area contributed by atoms with Gasteiger partial charge in [-0.15, -0.1) is 0 Å². The number of nitrogens with one attached hydrogen (secondary N) is 1. The molecule has 5 nitrogen and oxygen atoms in total. The second-order valence-corrected chi connectivity index (χ2v) is 4.76. The summed E-state index contributed by atoms with van der Waals surface area (Å²) in [5, 5.41) is 11.8. The average molecular weight is 252 g/mol. The molecule has 0 saturated carbocycles. The molecule has 1 unspecified atom stereocenters. The predicted molar refractivity (Wildman–Crippen MR) is 68.6 cm³/mol. The fourth-order valence-corrected chi connectivity index (χ4v) is 1.88. The molecule has 1 aromatic heterocycles. The number of aryl methyl sites for hydroxylation is 1. The molecule has 1 aromatic rings. The van der Waals surface area contributed by atoms with E-state index in [1.54, 1.807) is 17.7 Å². The van der Waals surface area contributed by atoms with Gasteiger partial charge in [-0.05, 0) is 32.4 Å². The minimum absolute atomic E-state index is 0.357. The average Bonchev–Trinajstić information content (AvgIpc) is 2.59. The lowest BCUT2D eigenvalue weighted by molar-refractivity contribution is -0.144. The van der Waals surface area contributed by atoms with Gasteiger partial charge in [0.05, 0.1) is 0 Å². The van der Waals surface area contributed by atoms with E-state index < -0.39 is 11.5 Å². The van der Waals surface area contributed by atoms with Gasteiger partial charge in [0.1, 0.15) is 11.2 Å². The number of carboxylic acid groups (broad SMARTS) is 1. The lowest BCUT2D eigenvalue weighted by Gasteiger charge is -2.25. The lowest BCUT2D eigenvalue weighted by Crippen LogP contribution is -2.52. The Labute approximate surface area is 107 Å². The summed E-state index contributed by atoms with van der Waals surface area (Å²) in [6, 6.07) is 3.52. The number of carboxylic acids is 1. The van der Waals surface area contributed by atoms with E-state index in [0.29, 0.717) is 18.5 Å². The van der Waals surface area contributed by atoms with Crippen LogP contribution in [0.3, 0.4) is 0 Å². The van der Waals surface area contributed by atoms with Crippen molar-refractivity contribution in [2.45, 2.75) is 39.2 Å². The van der Waals surface area contributed by atoms with Crippen LogP contribution in [0.5, 0.6) is 0 Å². The van der Waals surface area contributed by atoms with Crippen molar-refractivity contribution in [3.63, 3.8) is 0 Å². The molecule has 0 aromatic carbocycles. The van der Waals surface area contributed by atoms with Gasteiger partial charge in [-0.1, -0.05) is 13.3 Å². The van der Waals surface area contributed by atoms with Crippen molar-refractivity contribution in [3.05, 3.63) is 23.5 Å². The number of aliphatic carboxylic acids is 1. The van der Waals surface area contributed by atoms with Crippen molar-refractivity contribution in [2.75, 3.05) is 0 Å². The Morgan fingerprint density at radius 1 is 1.44 bits per heavy atom. The SMILES string of the molecule is CCCC(C)(NC(=O)c1ccc(C)n1C)C(=O)O. The predicted octanol–water partition coefficient (Wildman–Crippen LogP) is 1.71. The minimum atomic E-state index is -1.22. The van der Waals surface area contributed by atoms with Crippen LogP contribution in [0.15, 0.2) is 12.1 Å². The quantitative estimate of drug-likeness (QED) is 0.838. The van der Waals surface area contributed by atoms with Gasteiger partial charge in [-0.25, -0.2) is 4.79 Å². The molecule has 0 aliphatic carbocycles. The van der Waals surface area contributed by atoms with E-state index in [4.69, 9.17) is 0 Å². The minimum Gasteiger partial charge on any atom is -0.480 e. The highest BCUT2D eigenvalue weighted by Crippen LogP contribution is 2.14. The third-order valence-corrected chi connectivity index (χ3v) is 3.22. The van der Waals surface area contributed by atoms with Crippen molar-refractivity contribution in [1.82, 2.24) is 9.88 Å². The maximum absolute atomic E-state index is 12.1. The zero-order chi connectivity index (χ0) is 13.9. The molecular formula is C13H20N2O3. The van der Waals surface area contributed by atoms with Crippen LogP contribution in [0.2, 0.25) is 0 Å². The van der Waals surface area contributed by atoms with Crippen molar-refractivity contribution in [1.29, 1.82) is 0 Å². The number of rotatable bonds is 5. The Balaban J connectivity index is 2.92. The number of nitrogens with zero attached hydrogens (tertiary/aromatic N) is 1. The van der Waals surface area contributed by atoms with Gasteiger partial charge >= 0.3 is 5.97 Å². The van der Waals surface area contributed by atoms with Crippen LogP contribution in [0.4, 0.5) is 0 Å². The van der Waals surface area contributed by atoms with Gasteiger partial charge in [0.15, 0.2) is 0 Å². The van der Waals surface area contributed by atoms with E-state index in [1.807, 2.05) is 19.9 Å². The molecule has 1 rings (SSSR count). The maximum atomic E-state index is 12.1. The number of carbonyl (C=O) groups excluding carboxylic acids is 1. The maximum Gasteiger partial charge on any atom is 0.329 e. The van der Waals surface area contributed by atoms with Gasteiger partial charge in [-0.3, -0.25) is 4.79 Å². The lowest BCUT2D eigenvalue weighted by atomic mass is 9.96. The molecule has 2 N–H and O–H groups in total. The van der Waals surface area contributed by atoms with Gasteiger partial charge in [0.25, 0.3) is 5.91 Å². The van der Waals surface area contributed by atoms with Gasteiger partial charge < -0.3 is 15.0 Å². The van der Waals surface area contributed by atoms with Crippen molar-refractivity contribution in [2.24, 2.45) is 7.05 Å². The Hall–Kier alpha value is -1.78. The molecule has 0 fully saturated rings. The third kappa shape index (κ3) is 2.72. The first-order valence-electron chi connectivity index (χ1n) is 6.00. The largest absolute Gasteiger partial charge is 0.480 e. The number of carbonyl (C=O) groups is 2. The molecule has 0 spiro atoms. The van der Waals surface area contributed by atoms with E-state index in [1.165, 1.54) is 6.92 Å². The highest BCUT2D eigenvalue weighted by atomic mass is 16.4. The van der Waals surface area contributed by atoms with E-state index >= 15 is 0 Å². The number of aromatic nitrogens is 1. The smallest absolute Gasteiger partial charge is 0.329 e. The molecule has 1 amide bonds. The van der Waals surface area contributed by atoms with Crippen LogP contribution in [0.25, 0.3) is 0 Å². The summed E-state index contributed by atoms with van der Waals surface area (Å²) < 4.78 is 1.74. The molecule has 1 heterocycles.